The highest BCUT2D eigenvalue weighted by atomic mass is 32.1. The Morgan fingerprint density at radius 1 is 1.42 bits per heavy atom. The van der Waals surface area contributed by atoms with Crippen LogP contribution in [-0.2, 0) is 6.18 Å². The van der Waals surface area contributed by atoms with Crippen LogP contribution in [0.1, 0.15) is 5.69 Å². The summed E-state index contributed by atoms with van der Waals surface area (Å²) in [7, 11) is 0. The molecule has 5 nitrogen and oxygen atoms in total. The number of urea groups is 1. The number of carbonyl (C=O) groups is 1. The maximum atomic E-state index is 12.4. The van der Waals surface area contributed by atoms with Gasteiger partial charge in [-0.15, -0.1) is 11.3 Å². The van der Waals surface area contributed by atoms with Crippen LogP contribution < -0.4 is 11.1 Å². The first-order chi connectivity index (χ1) is 8.86. The predicted molar refractivity (Wildman–Crippen MR) is 63.6 cm³/mol. The topological polar surface area (TPSA) is 80.9 Å². The minimum atomic E-state index is -4.48. The number of nitrogens with one attached hydrogen (secondary N) is 1. The summed E-state index contributed by atoms with van der Waals surface area (Å²) >= 11 is 0.854. The molecule has 0 radical (unpaired) electrons. The predicted octanol–water partition coefficient (Wildman–Crippen LogP) is 2.71. The Labute approximate surface area is 109 Å². The van der Waals surface area contributed by atoms with Gasteiger partial charge in [-0.1, -0.05) is 0 Å². The van der Waals surface area contributed by atoms with Gasteiger partial charge in [0.25, 0.3) is 0 Å². The van der Waals surface area contributed by atoms with Crippen molar-refractivity contribution in [3.8, 4) is 10.6 Å². The summed E-state index contributed by atoms with van der Waals surface area (Å²) in [5.41, 5.74) is 4.39. The zero-order valence-corrected chi connectivity index (χ0v) is 10.0. The number of anilines is 1. The second kappa shape index (κ2) is 4.84. The summed E-state index contributed by atoms with van der Waals surface area (Å²) in [6.07, 6.45) is -3.13. The Balaban J connectivity index is 2.31. The summed E-state index contributed by atoms with van der Waals surface area (Å²) in [6.45, 7) is 0. The van der Waals surface area contributed by atoms with E-state index in [4.69, 9.17) is 5.73 Å². The first-order valence-electron chi connectivity index (χ1n) is 4.92. The van der Waals surface area contributed by atoms with Crippen LogP contribution >= 0.6 is 11.3 Å². The van der Waals surface area contributed by atoms with Gasteiger partial charge in [-0.25, -0.2) is 14.8 Å². The molecule has 0 fully saturated rings. The van der Waals surface area contributed by atoms with Gasteiger partial charge in [0, 0.05) is 17.1 Å². The molecule has 9 heteroatoms. The lowest BCUT2D eigenvalue weighted by molar-refractivity contribution is -0.140. The number of amides is 2. The monoisotopic (exact) mass is 288 g/mol. The van der Waals surface area contributed by atoms with Gasteiger partial charge in [0.05, 0.1) is 0 Å². The lowest BCUT2D eigenvalue weighted by atomic mass is 10.2. The summed E-state index contributed by atoms with van der Waals surface area (Å²) in [4.78, 5) is 18.0. The van der Waals surface area contributed by atoms with Crippen LogP contribution in [0.25, 0.3) is 10.6 Å². The summed E-state index contributed by atoms with van der Waals surface area (Å²) < 4.78 is 37.3. The third-order valence-electron chi connectivity index (χ3n) is 2.05. The molecule has 2 amide bonds. The van der Waals surface area contributed by atoms with E-state index >= 15 is 0 Å². The number of pyridine rings is 1. The second-order valence-electron chi connectivity index (χ2n) is 3.45. The van der Waals surface area contributed by atoms with Crippen LogP contribution in [0.2, 0.25) is 0 Å². The minimum Gasteiger partial charge on any atom is -0.351 e. The summed E-state index contributed by atoms with van der Waals surface area (Å²) in [6, 6.07) is 2.08. The maximum Gasteiger partial charge on any atom is 0.434 e. The molecule has 2 rings (SSSR count). The lowest BCUT2D eigenvalue weighted by Crippen LogP contribution is -2.19. The smallest absolute Gasteiger partial charge is 0.351 e. The van der Waals surface area contributed by atoms with Gasteiger partial charge in [-0.2, -0.15) is 13.2 Å². The second-order valence-corrected chi connectivity index (χ2v) is 4.31. The fraction of sp³-hybridized carbons (Fsp3) is 0.100. The number of nitrogens with two attached hydrogens (primary N) is 1. The van der Waals surface area contributed by atoms with E-state index in [2.05, 4.69) is 15.3 Å². The quantitative estimate of drug-likeness (QED) is 0.891. The van der Waals surface area contributed by atoms with E-state index in [9.17, 15) is 18.0 Å². The molecular weight excluding hydrogens is 281 g/mol. The first-order valence-corrected chi connectivity index (χ1v) is 5.80. The van der Waals surface area contributed by atoms with Crippen molar-refractivity contribution in [2.24, 2.45) is 5.73 Å². The molecular formula is C10H7F3N4OS. The number of nitrogens with zero attached hydrogens (tertiary/aromatic N) is 2. The van der Waals surface area contributed by atoms with E-state index in [1.807, 2.05) is 0 Å². The molecule has 2 aromatic rings. The van der Waals surface area contributed by atoms with E-state index in [1.54, 1.807) is 0 Å². The normalized spacial score (nSPS) is 11.3. The van der Waals surface area contributed by atoms with Crippen LogP contribution in [-0.4, -0.2) is 16.0 Å². The van der Waals surface area contributed by atoms with E-state index in [-0.39, 0.29) is 10.8 Å². The lowest BCUT2D eigenvalue weighted by Gasteiger charge is -2.02. The minimum absolute atomic E-state index is 0.147. The van der Waals surface area contributed by atoms with Crippen molar-refractivity contribution in [1.82, 2.24) is 9.97 Å². The third kappa shape index (κ3) is 3.19. The molecule has 0 aromatic carbocycles. The van der Waals surface area contributed by atoms with Gasteiger partial charge in [0.1, 0.15) is 10.8 Å². The molecule has 2 aromatic heterocycles. The Bertz CT molecular complexity index is 611. The fourth-order valence-electron chi connectivity index (χ4n) is 1.29. The third-order valence-corrected chi connectivity index (χ3v) is 2.94. The summed E-state index contributed by atoms with van der Waals surface area (Å²) in [5, 5.41) is 3.34. The Morgan fingerprint density at radius 2 is 2.16 bits per heavy atom. The molecule has 0 bridgehead atoms. The average Bonchev–Trinajstić information content (AvgIpc) is 2.77. The number of halogens is 3. The molecule has 0 atom stereocenters. The van der Waals surface area contributed by atoms with Gasteiger partial charge in [0.15, 0.2) is 5.69 Å². The molecule has 100 valence electrons. The number of carbonyl (C=O) groups excluding carboxylic acids is 1. The Hall–Kier alpha value is -2.16. The van der Waals surface area contributed by atoms with E-state index in [0.29, 0.717) is 5.56 Å². The number of aromatic nitrogens is 2. The number of rotatable bonds is 2. The molecule has 0 unspecified atom stereocenters. The zero-order chi connectivity index (χ0) is 14.0. The Kier molecular flexibility index (Phi) is 3.38. The fourth-order valence-corrected chi connectivity index (χ4v) is 2.12. The average molecular weight is 288 g/mol. The highest BCUT2D eigenvalue weighted by Crippen LogP contribution is 2.33. The van der Waals surface area contributed by atoms with Crippen LogP contribution in [0.4, 0.5) is 23.8 Å². The van der Waals surface area contributed by atoms with Crippen molar-refractivity contribution >= 4 is 23.2 Å². The van der Waals surface area contributed by atoms with Crippen molar-refractivity contribution in [2.75, 3.05) is 5.32 Å². The van der Waals surface area contributed by atoms with Crippen molar-refractivity contribution in [2.45, 2.75) is 6.18 Å². The number of primary amides is 1. The van der Waals surface area contributed by atoms with Gasteiger partial charge in [-0.3, -0.25) is 5.32 Å². The zero-order valence-electron chi connectivity index (χ0n) is 9.23. The van der Waals surface area contributed by atoms with Crippen LogP contribution in [0, 0.1) is 0 Å². The molecule has 0 saturated heterocycles. The van der Waals surface area contributed by atoms with Gasteiger partial charge >= 0.3 is 12.2 Å². The molecule has 0 aliphatic heterocycles. The van der Waals surface area contributed by atoms with Crippen molar-refractivity contribution < 1.29 is 18.0 Å². The van der Waals surface area contributed by atoms with Crippen LogP contribution in [0.5, 0.6) is 0 Å². The maximum absolute atomic E-state index is 12.4. The standard InChI is InChI=1S/C10H7F3N4OS/c11-10(12,13)6-4-19-8(16-6)5-1-2-15-7(3-5)17-9(14)18/h1-4H,(H3,14,15,17,18). The van der Waals surface area contributed by atoms with Crippen LogP contribution in [0.3, 0.4) is 0 Å². The number of hydrogen-bond donors (Lipinski definition) is 2. The summed E-state index contributed by atoms with van der Waals surface area (Å²) in [5.74, 6) is 0.147. The van der Waals surface area contributed by atoms with Crippen LogP contribution in [0.15, 0.2) is 23.7 Å². The Morgan fingerprint density at radius 3 is 2.74 bits per heavy atom. The molecule has 0 aliphatic carbocycles. The highest BCUT2D eigenvalue weighted by Gasteiger charge is 2.33. The molecule has 0 spiro atoms. The van der Waals surface area contributed by atoms with Crippen molar-refractivity contribution in [3.63, 3.8) is 0 Å². The van der Waals surface area contributed by atoms with E-state index < -0.39 is 17.9 Å². The highest BCUT2D eigenvalue weighted by molar-refractivity contribution is 7.13. The molecule has 3 N–H and O–H groups in total. The number of thiazole rings is 1. The van der Waals surface area contributed by atoms with Gasteiger partial charge < -0.3 is 5.73 Å². The first kappa shape index (κ1) is 13.3. The van der Waals surface area contributed by atoms with E-state index in [0.717, 1.165) is 16.7 Å². The SMILES string of the molecule is NC(=O)Nc1cc(-c2nc(C(F)(F)F)cs2)ccn1. The van der Waals surface area contributed by atoms with Gasteiger partial charge in [-0.05, 0) is 12.1 Å². The van der Waals surface area contributed by atoms with Gasteiger partial charge in [0.2, 0.25) is 0 Å². The molecule has 19 heavy (non-hydrogen) atoms. The molecule has 2 heterocycles. The van der Waals surface area contributed by atoms with E-state index in [1.165, 1.54) is 18.3 Å². The number of hydrogen-bond acceptors (Lipinski definition) is 4. The molecule has 0 saturated carbocycles. The molecule has 0 aliphatic rings. The van der Waals surface area contributed by atoms with Crippen molar-refractivity contribution in [1.29, 1.82) is 0 Å². The largest absolute Gasteiger partial charge is 0.434 e. The number of alkyl halides is 3. The van der Waals surface area contributed by atoms with Crippen molar-refractivity contribution in [3.05, 3.63) is 29.4 Å².